The van der Waals surface area contributed by atoms with Gasteiger partial charge in [0.25, 0.3) is 0 Å². The summed E-state index contributed by atoms with van der Waals surface area (Å²) in [5.41, 5.74) is 7.06. The van der Waals surface area contributed by atoms with Crippen LogP contribution < -0.4 is 5.73 Å². The molecule has 1 aromatic rings. The molecular weight excluding hydrogens is 431 g/mol. The van der Waals surface area contributed by atoms with Gasteiger partial charge in [-0.05, 0) is 44.2 Å². The molecule has 2 N–H and O–H groups in total. The minimum atomic E-state index is -3.53. The average Bonchev–Trinajstić information content (AvgIpc) is 3.09. The van der Waals surface area contributed by atoms with Crippen LogP contribution in [0.1, 0.15) is 31.2 Å². The zero-order valence-corrected chi connectivity index (χ0v) is 18.5. The van der Waals surface area contributed by atoms with Gasteiger partial charge < -0.3 is 10.6 Å². The van der Waals surface area contributed by atoms with Crippen LogP contribution in [0, 0.1) is 24.2 Å². The van der Waals surface area contributed by atoms with E-state index in [0.29, 0.717) is 32.4 Å². The zero-order chi connectivity index (χ0) is 21.2. The van der Waals surface area contributed by atoms with Crippen molar-refractivity contribution in [2.45, 2.75) is 55.8 Å². The van der Waals surface area contributed by atoms with Gasteiger partial charge in [0, 0.05) is 19.5 Å². The number of rotatable bonds is 5. The lowest BCUT2D eigenvalue weighted by Crippen LogP contribution is -2.47. The van der Waals surface area contributed by atoms with Crippen LogP contribution in [0.5, 0.6) is 0 Å². The molecule has 0 aromatic heterocycles. The number of alkyl halides is 1. The molecule has 0 bridgehead atoms. The molecule has 0 radical (unpaired) electrons. The first-order valence-electron chi connectivity index (χ1n) is 9.89. The summed E-state index contributed by atoms with van der Waals surface area (Å²) >= 11 is 0. The Bertz CT molecular complexity index is 882. The topological polar surface area (TPSA) is 108 Å². The predicted molar refractivity (Wildman–Crippen MR) is 113 cm³/mol. The summed E-state index contributed by atoms with van der Waals surface area (Å²) in [6.45, 7) is 2.57. The highest BCUT2D eigenvalue weighted by atomic mass is 35.5. The number of carbonyl (C=O) groups is 1. The van der Waals surface area contributed by atoms with Gasteiger partial charge in [-0.25, -0.2) is 12.8 Å². The van der Waals surface area contributed by atoms with Crippen molar-refractivity contribution in [1.29, 1.82) is 5.26 Å². The molecule has 2 aliphatic rings. The van der Waals surface area contributed by atoms with Crippen LogP contribution in [0.25, 0.3) is 0 Å². The molecule has 2 aliphatic heterocycles. The van der Waals surface area contributed by atoms with Crippen LogP contribution >= 0.6 is 12.4 Å². The molecule has 7 nitrogen and oxygen atoms in total. The summed E-state index contributed by atoms with van der Waals surface area (Å²) in [4.78, 5) is 14.1. The molecule has 2 saturated heterocycles. The van der Waals surface area contributed by atoms with E-state index in [4.69, 9.17) is 11.0 Å². The van der Waals surface area contributed by atoms with Gasteiger partial charge in [0.15, 0.2) is 0 Å². The second kappa shape index (κ2) is 10.1. The van der Waals surface area contributed by atoms with Crippen molar-refractivity contribution in [3.05, 3.63) is 29.8 Å². The first kappa shape index (κ1) is 24.5. The normalized spacial score (nSPS) is 24.1. The van der Waals surface area contributed by atoms with Crippen LogP contribution in [0.15, 0.2) is 29.2 Å². The Morgan fingerprint density at radius 2 is 1.90 bits per heavy atom. The summed E-state index contributed by atoms with van der Waals surface area (Å²) in [6, 6.07) is 7.18. The van der Waals surface area contributed by atoms with Crippen molar-refractivity contribution in [2.75, 3.05) is 19.6 Å². The number of sulfonamides is 1. The molecule has 30 heavy (non-hydrogen) atoms. The van der Waals surface area contributed by atoms with Gasteiger partial charge in [-0.3, -0.25) is 4.79 Å². The number of piperidine rings is 1. The van der Waals surface area contributed by atoms with Crippen molar-refractivity contribution in [2.24, 2.45) is 11.7 Å². The molecule has 2 heterocycles. The van der Waals surface area contributed by atoms with Crippen LogP contribution in [-0.2, 0) is 14.8 Å². The summed E-state index contributed by atoms with van der Waals surface area (Å²) < 4.78 is 40.6. The van der Waals surface area contributed by atoms with Crippen LogP contribution in [0.4, 0.5) is 4.39 Å². The number of benzene rings is 1. The van der Waals surface area contributed by atoms with Crippen molar-refractivity contribution in [3.63, 3.8) is 0 Å². The van der Waals surface area contributed by atoms with Crippen LogP contribution in [-0.4, -0.2) is 61.4 Å². The third-order valence-corrected chi connectivity index (χ3v) is 7.73. The van der Waals surface area contributed by atoms with Crippen molar-refractivity contribution in [1.82, 2.24) is 9.21 Å². The summed E-state index contributed by atoms with van der Waals surface area (Å²) in [5.74, 6) is -0.283. The van der Waals surface area contributed by atoms with Crippen LogP contribution in [0.3, 0.4) is 0 Å². The smallest absolute Gasteiger partial charge is 0.243 e. The van der Waals surface area contributed by atoms with Crippen molar-refractivity contribution >= 4 is 28.3 Å². The number of nitriles is 1. The van der Waals surface area contributed by atoms with Gasteiger partial charge in [0.2, 0.25) is 15.9 Å². The molecule has 2 fully saturated rings. The number of carbonyl (C=O) groups excluding carboxylic acids is 1. The molecule has 0 spiro atoms. The highest BCUT2D eigenvalue weighted by molar-refractivity contribution is 7.89. The van der Waals surface area contributed by atoms with E-state index in [0.717, 1.165) is 5.56 Å². The zero-order valence-electron chi connectivity index (χ0n) is 16.9. The average molecular weight is 459 g/mol. The molecule has 1 aromatic carbocycles. The van der Waals surface area contributed by atoms with Crippen molar-refractivity contribution in [3.8, 4) is 6.07 Å². The Labute approximate surface area is 183 Å². The van der Waals surface area contributed by atoms with Gasteiger partial charge in [-0.15, -0.1) is 12.4 Å². The summed E-state index contributed by atoms with van der Waals surface area (Å²) in [5, 5.41) is 9.11. The molecule has 3 rings (SSSR count). The largest absolute Gasteiger partial charge is 0.322 e. The van der Waals surface area contributed by atoms with E-state index in [-0.39, 0.29) is 36.2 Å². The third kappa shape index (κ3) is 5.30. The maximum absolute atomic E-state index is 13.6. The van der Waals surface area contributed by atoms with Gasteiger partial charge in [0.05, 0.1) is 23.6 Å². The fraction of sp³-hybridized carbons (Fsp3) is 0.600. The lowest BCUT2D eigenvalue weighted by atomic mass is 9.91. The fourth-order valence-corrected chi connectivity index (χ4v) is 5.54. The molecular formula is C20H28ClFN4O3S. The lowest BCUT2D eigenvalue weighted by Gasteiger charge is -2.33. The first-order valence-corrected chi connectivity index (χ1v) is 11.3. The van der Waals surface area contributed by atoms with E-state index in [1.54, 1.807) is 24.3 Å². The molecule has 3 atom stereocenters. The second-order valence-corrected chi connectivity index (χ2v) is 9.91. The third-order valence-electron chi connectivity index (χ3n) is 5.82. The summed E-state index contributed by atoms with van der Waals surface area (Å²) in [6.07, 6.45) is 0.470. The Hall–Kier alpha value is -1.73. The minimum Gasteiger partial charge on any atom is -0.322 e. The monoisotopic (exact) mass is 458 g/mol. The van der Waals surface area contributed by atoms with Crippen LogP contribution in [0.2, 0.25) is 0 Å². The maximum atomic E-state index is 13.6. The van der Waals surface area contributed by atoms with E-state index in [1.165, 1.54) is 9.21 Å². The number of halogens is 2. The second-order valence-electron chi connectivity index (χ2n) is 7.97. The number of aryl methyl sites for hydroxylation is 1. The predicted octanol–water partition coefficient (Wildman–Crippen LogP) is 2.00. The highest BCUT2D eigenvalue weighted by Gasteiger charge is 2.38. The Balaban J connectivity index is 0.00000320. The molecule has 0 unspecified atom stereocenters. The number of amides is 1. The lowest BCUT2D eigenvalue weighted by molar-refractivity contribution is -0.133. The number of hydrogen-bond acceptors (Lipinski definition) is 5. The van der Waals surface area contributed by atoms with Gasteiger partial charge in [-0.2, -0.15) is 9.57 Å². The van der Waals surface area contributed by atoms with E-state index in [9.17, 15) is 17.6 Å². The Morgan fingerprint density at radius 3 is 2.47 bits per heavy atom. The number of hydrogen-bond donors (Lipinski definition) is 1. The molecule has 0 aliphatic carbocycles. The SMILES string of the molecule is Cc1ccc(S(=O)(=O)N2CCC(C[C@H](N)C(=O)N3C[C@@H](F)C[C@H]3C#N)CC2)cc1.Cl. The van der Waals surface area contributed by atoms with E-state index < -0.39 is 34.2 Å². The molecule has 166 valence electrons. The van der Waals surface area contributed by atoms with Crippen molar-refractivity contribution < 1.29 is 17.6 Å². The quantitative estimate of drug-likeness (QED) is 0.726. The summed E-state index contributed by atoms with van der Waals surface area (Å²) in [7, 11) is -3.53. The van der Waals surface area contributed by atoms with E-state index in [2.05, 4.69) is 0 Å². The Kier molecular flexibility index (Phi) is 8.22. The number of likely N-dealkylation sites (tertiary alicyclic amines) is 1. The molecule has 0 saturated carbocycles. The number of nitrogens with zero attached hydrogens (tertiary/aromatic N) is 3. The van der Waals surface area contributed by atoms with Gasteiger partial charge >= 0.3 is 0 Å². The van der Waals surface area contributed by atoms with Gasteiger partial charge in [-0.1, -0.05) is 17.7 Å². The first-order chi connectivity index (χ1) is 13.7. The highest BCUT2D eigenvalue weighted by Crippen LogP contribution is 2.28. The Morgan fingerprint density at radius 1 is 1.30 bits per heavy atom. The van der Waals surface area contributed by atoms with E-state index >= 15 is 0 Å². The van der Waals surface area contributed by atoms with E-state index in [1.807, 2.05) is 13.0 Å². The minimum absolute atomic E-state index is 0. The fourth-order valence-electron chi connectivity index (χ4n) is 4.07. The standard InChI is InChI=1S/C20H27FN4O3S.ClH/c1-14-2-4-18(5-3-14)29(27,28)24-8-6-15(7-9-24)10-19(23)20(26)25-13-16(21)11-17(25)12-22;/h2-5,15-17,19H,6-11,13,23H2,1H3;1H/t16-,17-,19-;/m0./s1. The number of nitrogens with two attached hydrogens (primary N) is 1. The maximum Gasteiger partial charge on any atom is 0.243 e. The molecule has 10 heteroatoms. The molecule has 1 amide bonds. The van der Waals surface area contributed by atoms with Gasteiger partial charge in [0.1, 0.15) is 12.2 Å².